The lowest BCUT2D eigenvalue weighted by molar-refractivity contribution is 0.212. The molecule has 2 aliphatic rings. The van der Waals surface area contributed by atoms with Crippen molar-refractivity contribution in [3.63, 3.8) is 0 Å². The third-order valence-electron chi connectivity index (χ3n) is 5.81. The van der Waals surface area contributed by atoms with E-state index < -0.39 is 29.6 Å². The summed E-state index contributed by atoms with van der Waals surface area (Å²) in [7, 11) is 2.47. The summed E-state index contributed by atoms with van der Waals surface area (Å²) in [6, 6.07) is 6.82. The average molecular weight is 489 g/mol. The van der Waals surface area contributed by atoms with E-state index in [0.717, 1.165) is 11.0 Å². The highest BCUT2D eigenvalue weighted by Gasteiger charge is 2.40. The van der Waals surface area contributed by atoms with Gasteiger partial charge in [0.25, 0.3) is 0 Å². The van der Waals surface area contributed by atoms with Crippen molar-refractivity contribution in [2.45, 2.75) is 19.2 Å². The highest BCUT2D eigenvalue weighted by molar-refractivity contribution is 6.30. The standard InChI is InChI=1S/C23H19ClF2N4O4/c1-33-15-8-16(34-2)19(26)21(18(15)25)29-10-11-9-27-22-14(7-17(31)28-22)20(11)30(23(29)32)13-5-3-12(24)4-6-13/h3-6,8-9,17,31H,7,10H2,1-2H3,(H,27,28). The summed E-state index contributed by atoms with van der Waals surface area (Å²) in [5, 5.41) is 13.4. The van der Waals surface area contributed by atoms with Gasteiger partial charge in [-0.25, -0.2) is 18.6 Å². The molecule has 3 heterocycles. The van der Waals surface area contributed by atoms with Gasteiger partial charge in [0, 0.05) is 34.8 Å². The van der Waals surface area contributed by atoms with E-state index in [1.807, 2.05) is 0 Å². The number of carbonyl (C=O) groups excluding carboxylic acids is 1. The largest absolute Gasteiger partial charge is 0.493 e. The van der Waals surface area contributed by atoms with E-state index in [9.17, 15) is 9.90 Å². The minimum Gasteiger partial charge on any atom is -0.493 e. The van der Waals surface area contributed by atoms with Crippen molar-refractivity contribution < 1.29 is 28.2 Å². The fourth-order valence-electron chi connectivity index (χ4n) is 4.27. The molecule has 0 saturated carbocycles. The molecule has 176 valence electrons. The Morgan fingerprint density at radius 1 is 1.12 bits per heavy atom. The highest BCUT2D eigenvalue weighted by Crippen LogP contribution is 2.46. The predicted octanol–water partition coefficient (Wildman–Crippen LogP) is 4.60. The number of urea groups is 1. The number of amides is 2. The number of hydrogen-bond acceptors (Lipinski definition) is 6. The van der Waals surface area contributed by atoms with Crippen LogP contribution in [0.2, 0.25) is 5.02 Å². The van der Waals surface area contributed by atoms with Crippen LogP contribution in [0.5, 0.6) is 11.5 Å². The van der Waals surface area contributed by atoms with Crippen molar-refractivity contribution in [2.75, 3.05) is 29.3 Å². The zero-order valence-corrected chi connectivity index (χ0v) is 18.9. The van der Waals surface area contributed by atoms with Gasteiger partial charge in [-0.3, -0.25) is 9.80 Å². The van der Waals surface area contributed by atoms with E-state index in [1.165, 1.54) is 25.3 Å². The number of aliphatic hydroxyl groups is 1. The van der Waals surface area contributed by atoms with Gasteiger partial charge >= 0.3 is 6.03 Å². The van der Waals surface area contributed by atoms with Crippen LogP contribution < -0.4 is 24.6 Å². The number of carbonyl (C=O) groups is 1. The number of fused-ring (bicyclic) bond motifs is 3. The lowest BCUT2D eigenvalue weighted by Gasteiger charge is -2.38. The lowest BCUT2D eigenvalue weighted by atomic mass is 10.0. The molecule has 0 saturated heterocycles. The number of ether oxygens (including phenoxy) is 2. The van der Waals surface area contributed by atoms with Crippen molar-refractivity contribution in [3.8, 4) is 11.5 Å². The summed E-state index contributed by atoms with van der Waals surface area (Å²) in [6.07, 6.45) is 0.847. The van der Waals surface area contributed by atoms with Crippen LogP contribution in [0, 0.1) is 11.6 Å². The van der Waals surface area contributed by atoms with Crippen molar-refractivity contribution in [1.82, 2.24) is 4.98 Å². The summed E-state index contributed by atoms with van der Waals surface area (Å²) in [4.78, 5) is 20.5. The van der Waals surface area contributed by atoms with Crippen LogP contribution in [-0.2, 0) is 13.0 Å². The molecule has 2 aliphatic heterocycles. The Labute approximate surface area is 198 Å². The Kier molecular flexibility index (Phi) is 5.41. The predicted molar refractivity (Wildman–Crippen MR) is 122 cm³/mol. The quantitative estimate of drug-likeness (QED) is 0.558. The van der Waals surface area contributed by atoms with Crippen molar-refractivity contribution in [2.24, 2.45) is 0 Å². The molecule has 1 atom stereocenters. The number of anilines is 4. The number of hydrogen-bond donors (Lipinski definition) is 2. The molecule has 2 amide bonds. The molecule has 0 bridgehead atoms. The van der Waals surface area contributed by atoms with Gasteiger partial charge < -0.3 is 19.9 Å². The SMILES string of the molecule is COc1cc(OC)c(F)c(N2Cc3cnc4c(c3N(c3ccc(Cl)cc3)C2=O)CC(O)N4)c1F. The third-order valence-corrected chi connectivity index (χ3v) is 6.06. The van der Waals surface area contributed by atoms with E-state index in [2.05, 4.69) is 10.3 Å². The van der Waals surface area contributed by atoms with Gasteiger partial charge in [-0.15, -0.1) is 0 Å². The van der Waals surface area contributed by atoms with Crippen LogP contribution in [-0.4, -0.2) is 36.6 Å². The minimum absolute atomic E-state index is 0.168. The van der Waals surface area contributed by atoms with Gasteiger partial charge in [-0.05, 0) is 24.3 Å². The fourth-order valence-corrected chi connectivity index (χ4v) is 4.40. The fraction of sp³-hybridized carbons (Fsp3) is 0.217. The molecule has 2 N–H and O–H groups in total. The Balaban J connectivity index is 1.74. The molecule has 34 heavy (non-hydrogen) atoms. The van der Waals surface area contributed by atoms with Crippen LogP contribution in [0.15, 0.2) is 36.5 Å². The molecular formula is C23H19ClF2N4O4. The molecule has 0 aliphatic carbocycles. The van der Waals surface area contributed by atoms with Crippen LogP contribution in [0.25, 0.3) is 0 Å². The first-order valence-corrected chi connectivity index (χ1v) is 10.6. The number of benzene rings is 2. The van der Waals surface area contributed by atoms with Gasteiger partial charge in [0.2, 0.25) is 0 Å². The maximum absolute atomic E-state index is 15.3. The van der Waals surface area contributed by atoms with Crippen LogP contribution in [0.3, 0.4) is 0 Å². The number of nitrogens with zero attached hydrogens (tertiary/aromatic N) is 3. The second kappa shape index (κ2) is 8.30. The third kappa shape index (κ3) is 3.37. The first kappa shape index (κ1) is 22.2. The van der Waals surface area contributed by atoms with Gasteiger partial charge in [-0.1, -0.05) is 11.6 Å². The van der Waals surface area contributed by atoms with E-state index in [1.54, 1.807) is 24.3 Å². The lowest BCUT2D eigenvalue weighted by Crippen LogP contribution is -2.46. The van der Waals surface area contributed by atoms with Crippen molar-refractivity contribution >= 4 is 40.5 Å². The number of nitrogens with one attached hydrogen (secondary N) is 1. The van der Waals surface area contributed by atoms with E-state index >= 15 is 8.78 Å². The molecule has 3 aromatic rings. The van der Waals surface area contributed by atoms with E-state index in [0.29, 0.717) is 33.3 Å². The first-order chi connectivity index (χ1) is 16.3. The monoisotopic (exact) mass is 488 g/mol. The van der Waals surface area contributed by atoms with Crippen LogP contribution in [0.4, 0.5) is 36.5 Å². The molecule has 8 nitrogen and oxygen atoms in total. The molecule has 0 radical (unpaired) electrons. The topological polar surface area (TPSA) is 87.2 Å². The molecule has 5 rings (SSSR count). The molecular weight excluding hydrogens is 470 g/mol. The number of pyridine rings is 1. The van der Waals surface area contributed by atoms with Gasteiger partial charge in [0.15, 0.2) is 23.1 Å². The van der Waals surface area contributed by atoms with E-state index in [4.69, 9.17) is 21.1 Å². The number of methoxy groups -OCH3 is 2. The summed E-state index contributed by atoms with van der Waals surface area (Å²) >= 11 is 6.04. The Hall–Kier alpha value is -3.63. The van der Waals surface area contributed by atoms with Gasteiger partial charge in [0.1, 0.15) is 17.7 Å². The minimum atomic E-state index is -1.04. The summed E-state index contributed by atoms with van der Waals surface area (Å²) in [5.41, 5.74) is 1.46. The summed E-state index contributed by atoms with van der Waals surface area (Å²) < 4.78 is 40.7. The van der Waals surface area contributed by atoms with Gasteiger partial charge in [0.05, 0.1) is 32.1 Å². The molecule has 0 fully saturated rings. The first-order valence-electron chi connectivity index (χ1n) is 10.3. The Morgan fingerprint density at radius 2 is 1.76 bits per heavy atom. The maximum atomic E-state index is 15.3. The number of aromatic nitrogens is 1. The Morgan fingerprint density at radius 3 is 2.38 bits per heavy atom. The summed E-state index contributed by atoms with van der Waals surface area (Å²) in [5.74, 6) is -2.19. The van der Waals surface area contributed by atoms with E-state index in [-0.39, 0.29) is 24.5 Å². The maximum Gasteiger partial charge on any atom is 0.334 e. The molecule has 1 unspecified atom stereocenters. The van der Waals surface area contributed by atoms with Crippen molar-refractivity contribution in [3.05, 3.63) is 64.3 Å². The zero-order valence-electron chi connectivity index (χ0n) is 18.1. The smallest absolute Gasteiger partial charge is 0.334 e. The molecule has 0 spiro atoms. The molecule has 1 aromatic heterocycles. The molecule has 2 aromatic carbocycles. The van der Waals surface area contributed by atoms with Crippen molar-refractivity contribution in [1.29, 1.82) is 0 Å². The number of rotatable bonds is 4. The van der Waals surface area contributed by atoms with Gasteiger partial charge in [-0.2, -0.15) is 0 Å². The zero-order chi connectivity index (χ0) is 24.1. The molecule has 11 heteroatoms. The average Bonchev–Trinajstić information content (AvgIpc) is 3.21. The normalized spacial score (nSPS) is 16.8. The highest BCUT2D eigenvalue weighted by atomic mass is 35.5. The van der Waals surface area contributed by atoms with Crippen LogP contribution >= 0.6 is 11.6 Å². The second-order valence-electron chi connectivity index (χ2n) is 7.76. The second-order valence-corrected chi connectivity index (χ2v) is 8.20. The summed E-state index contributed by atoms with van der Waals surface area (Å²) in [6.45, 7) is -0.168. The number of aliphatic hydroxyl groups excluding tert-OH is 1. The number of halogens is 3. The Bertz CT molecular complexity index is 1280. The van der Waals surface area contributed by atoms with Crippen LogP contribution in [0.1, 0.15) is 11.1 Å².